The number of carbonyl (C=O) groups excluding carboxylic acids is 7. The van der Waals surface area contributed by atoms with Crippen LogP contribution in [-0.2, 0) is 52.6 Å². The van der Waals surface area contributed by atoms with Gasteiger partial charge in [-0.25, -0.2) is 4.79 Å². The van der Waals surface area contributed by atoms with Crippen molar-refractivity contribution in [2.45, 2.75) is 156 Å². The standard InChI is InChI=1S/C66H75Cl2N9O24/c1-23(2)12-34(71-5)58(88)76-49-51(83)26-7-10-38(32(67)14-26)97-40-16-28-17-41(55(40)101-65-56(54(86)53(85)42(22-78)99-65)100-44-21-66(4,70)57(87)24(3)96-44)98-39-11-8-27(15-33(39)68)52(84)50-63(93)75-48(64(94)95)31-18-29(79)19-37(81)45(31)30-13-25(6-9-36(30)80)46(60(90)77-50)74-61(91)47(28)73-59(89)35(20-43(69)82)72-62(49)92/h6-11,13-19,23-24,34-35,42,44,46-54,56-57,65,71,78-81,83-87H,12,20-22,70H2,1-5H3,(H2,69,82)(H,72,92)(H,73,89)(H,74,91)(H,75,93)(H,76,88)(H,77,90)(H,94,95)/t24-,34-,35-,42+,44-,46+,47+,48-,49+,50-,51+,52+,53+,54-,56+,57+,65-,66-/m0/s1/i1D3,2D3,12D2,23D,34D. The number of aliphatic carboxylic acids is 1. The monoisotopic (exact) mass is 1460 g/mol. The number of aromatic hydroxyl groups is 3. The van der Waals surface area contributed by atoms with Gasteiger partial charge in [-0.1, -0.05) is 55.1 Å². The molecule has 5 aromatic carbocycles. The number of carbonyl (C=O) groups is 8. The third-order valence-electron chi connectivity index (χ3n) is 17.1. The number of hydrogen-bond donors (Lipinski definition) is 19. The van der Waals surface area contributed by atoms with Crippen molar-refractivity contribution in [3.8, 4) is 57.1 Å². The van der Waals surface area contributed by atoms with Crippen LogP contribution in [0.4, 0.5) is 0 Å². The molecule has 0 saturated carbocycles. The zero-order valence-corrected chi connectivity index (χ0v) is 54.5. The molecular weight excluding hydrogens is 1370 g/mol. The molecule has 7 amide bonds. The number of aliphatic hydroxyl groups excluding tert-OH is 6. The number of halogens is 2. The third kappa shape index (κ3) is 15.8. The molecule has 2 fully saturated rings. The zero-order chi connectivity index (χ0) is 82.2. The fourth-order valence-corrected chi connectivity index (χ4v) is 12.4. The Morgan fingerprint density at radius 1 is 0.752 bits per heavy atom. The number of likely N-dealkylation sites (N-methyl/N-ethyl adjacent to an activating group) is 1. The first-order valence-corrected chi connectivity index (χ1v) is 31.3. The molecule has 35 heteroatoms. The van der Waals surface area contributed by atoms with E-state index in [4.69, 9.17) is 76.8 Å². The summed E-state index contributed by atoms with van der Waals surface area (Å²) in [4.78, 5) is 118. The second-order valence-electron chi connectivity index (χ2n) is 24.3. The predicted octanol–water partition coefficient (Wildman–Crippen LogP) is 0.106. The molecule has 7 aliphatic heterocycles. The molecule has 542 valence electrons. The van der Waals surface area contributed by atoms with E-state index in [1.807, 2.05) is 10.6 Å². The molecular formula is C66H75Cl2N9O24. The second kappa shape index (κ2) is 30.2. The highest BCUT2D eigenvalue weighted by Crippen LogP contribution is 2.50. The Kier molecular flexibility index (Phi) is 18.4. The van der Waals surface area contributed by atoms with E-state index in [0.717, 1.165) is 72.8 Å². The van der Waals surface area contributed by atoms with Crippen LogP contribution >= 0.6 is 23.2 Å². The molecule has 12 rings (SSSR count). The summed E-state index contributed by atoms with van der Waals surface area (Å²) < 4.78 is 122. The maximum atomic E-state index is 16.1. The number of benzene rings is 5. The summed E-state index contributed by atoms with van der Waals surface area (Å²) in [5, 5.41) is 128. The number of rotatable bonds is 13. The highest BCUT2D eigenvalue weighted by atomic mass is 35.5. The van der Waals surface area contributed by atoms with Gasteiger partial charge in [0.25, 0.3) is 0 Å². The molecule has 0 aromatic heterocycles. The van der Waals surface area contributed by atoms with Gasteiger partial charge in [0.1, 0.15) is 89.5 Å². The number of carboxylic acids is 1. The molecule has 5 aromatic rings. The van der Waals surface area contributed by atoms with Crippen molar-refractivity contribution in [3.05, 3.63) is 117 Å². The van der Waals surface area contributed by atoms with Gasteiger partial charge in [-0.3, -0.25) is 33.6 Å². The number of aliphatic hydroxyl groups is 6. The third-order valence-corrected chi connectivity index (χ3v) is 17.7. The lowest BCUT2D eigenvalue weighted by Crippen LogP contribution is -2.64. The molecule has 7 aliphatic rings. The molecule has 0 aliphatic carbocycles. The summed E-state index contributed by atoms with van der Waals surface area (Å²) in [7, 11) is 0.664. The zero-order valence-electron chi connectivity index (χ0n) is 63.0. The van der Waals surface area contributed by atoms with Gasteiger partial charge in [0.15, 0.2) is 29.9 Å². The van der Waals surface area contributed by atoms with Crippen molar-refractivity contribution in [2.75, 3.05) is 13.7 Å². The average Bonchev–Trinajstić information content (AvgIpc) is 0.703. The Balaban J connectivity index is 1.24. The van der Waals surface area contributed by atoms with Gasteiger partial charge in [0.05, 0.1) is 42.7 Å². The van der Waals surface area contributed by atoms with Crippen molar-refractivity contribution in [3.63, 3.8) is 0 Å². The Labute approximate surface area is 598 Å². The minimum Gasteiger partial charge on any atom is -0.508 e. The van der Waals surface area contributed by atoms with Crippen LogP contribution in [0.1, 0.15) is 119 Å². The van der Waals surface area contributed by atoms with Gasteiger partial charge >= 0.3 is 5.97 Å². The van der Waals surface area contributed by atoms with E-state index < -0.39 is 285 Å². The molecule has 21 N–H and O–H groups in total. The van der Waals surface area contributed by atoms with E-state index >= 15 is 19.2 Å². The lowest BCUT2D eigenvalue weighted by molar-refractivity contribution is -0.333. The molecule has 0 spiro atoms. The Morgan fingerprint density at radius 3 is 1.96 bits per heavy atom. The lowest BCUT2D eigenvalue weighted by Gasteiger charge is -2.47. The van der Waals surface area contributed by atoms with Crippen molar-refractivity contribution >= 4 is 70.5 Å². The van der Waals surface area contributed by atoms with Crippen molar-refractivity contribution in [2.24, 2.45) is 17.4 Å². The number of ether oxygens (including phenoxy) is 6. The van der Waals surface area contributed by atoms with Crippen LogP contribution in [0, 0.1) is 5.89 Å². The molecule has 0 unspecified atom stereocenters. The van der Waals surface area contributed by atoms with Gasteiger partial charge in [-0.15, -0.1) is 0 Å². The molecule has 33 nitrogen and oxygen atoms in total. The first kappa shape index (κ1) is 61.7. The summed E-state index contributed by atoms with van der Waals surface area (Å²) in [6.07, 6.45) is -24.8. The number of carboxylic acid groups (broad SMARTS) is 1. The van der Waals surface area contributed by atoms with Crippen LogP contribution in [0.3, 0.4) is 0 Å². The van der Waals surface area contributed by atoms with Crippen LogP contribution < -0.4 is 62.9 Å². The molecule has 0 radical (unpaired) electrons. The van der Waals surface area contributed by atoms with Crippen LogP contribution in [0.25, 0.3) is 11.1 Å². The van der Waals surface area contributed by atoms with Crippen LogP contribution in [0.2, 0.25) is 10.0 Å². The number of hydrogen-bond acceptors (Lipinski definition) is 25. The molecule has 7 heterocycles. The topological polar surface area (TPSA) is 530 Å². The van der Waals surface area contributed by atoms with Gasteiger partial charge in [-0.2, -0.15) is 0 Å². The van der Waals surface area contributed by atoms with Gasteiger partial charge in [0.2, 0.25) is 53.4 Å². The quantitative estimate of drug-likeness (QED) is 0.0743. The Hall–Kier alpha value is -9.20. The van der Waals surface area contributed by atoms with E-state index in [-0.39, 0.29) is 12.0 Å². The number of fused-ring (bicyclic) bond motifs is 15. The highest BCUT2D eigenvalue weighted by Gasteiger charge is 2.51. The van der Waals surface area contributed by atoms with Gasteiger partial charge < -0.3 is 128 Å². The number of phenolic OH excluding ortho intramolecular Hbond substituents is 3. The SMILES string of the molecule is [2H]C([2H])([2H])C([2H])(C([2H])([2H])[2H])C([2H])([2H])[C@]([2H])(NC)C(=O)N[C@H]1C(=O)N[C@@H](CC(N)=O)C(=O)N[C@H]2C(=O)N[C@H]3C(=O)N[C@H](C(=O)N[C@H](C(=O)O)c4cc(O)cc(O)c4-c4cc3ccc4O)[C@H](O)c3ccc(c(Cl)c3)Oc3cc2cc(c3O[C@@H]2O[C@H](CO)[C@@H](O)[C@H](O)[C@H]2O[C@H]2C[C@](C)(N)[C@H](O)[C@H](C)O2)Oc2ccc(cc2Cl)[C@H]1O. The number of amides is 7. The van der Waals surface area contributed by atoms with Crippen LogP contribution in [-0.4, -0.2) is 191 Å². The summed E-state index contributed by atoms with van der Waals surface area (Å²) in [5.74, 6) is -23.9. The van der Waals surface area contributed by atoms with Crippen LogP contribution in [0.5, 0.6) is 46.0 Å². The van der Waals surface area contributed by atoms with E-state index in [0.29, 0.717) is 13.1 Å². The minimum absolute atomic E-state index is 0.318. The maximum absolute atomic E-state index is 16.1. The van der Waals surface area contributed by atoms with Crippen molar-refractivity contribution in [1.82, 2.24) is 37.2 Å². The van der Waals surface area contributed by atoms with E-state index in [1.54, 1.807) is 0 Å². The number of nitrogens with one attached hydrogen (secondary N) is 7. The Morgan fingerprint density at radius 2 is 1.37 bits per heavy atom. The van der Waals surface area contributed by atoms with Gasteiger partial charge in [0, 0.05) is 47.1 Å². The summed E-state index contributed by atoms with van der Waals surface area (Å²) in [6, 6.07) is -6.85. The average molecular weight is 1460 g/mol. The van der Waals surface area contributed by atoms with Crippen LogP contribution in [0.15, 0.2) is 78.9 Å². The number of phenols is 3. The fraction of sp³-hybridized carbons (Fsp3) is 0.424. The van der Waals surface area contributed by atoms with E-state index in [2.05, 4.69) is 26.6 Å². The summed E-state index contributed by atoms with van der Waals surface area (Å²) in [5.41, 5.74) is 6.92. The minimum atomic E-state index is -4.38. The summed E-state index contributed by atoms with van der Waals surface area (Å²) >= 11 is 14.0. The highest BCUT2D eigenvalue weighted by molar-refractivity contribution is 6.32. The molecule has 101 heavy (non-hydrogen) atoms. The lowest BCUT2D eigenvalue weighted by atomic mass is 9.86. The maximum Gasteiger partial charge on any atom is 0.330 e. The predicted molar refractivity (Wildman–Crippen MR) is 349 cm³/mol. The normalized spacial score (nSPS) is 31.7. The fourth-order valence-electron chi connectivity index (χ4n) is 12.0. The molecule has 18 atom stereocenters. The largest absolute Gasteiger partial charge is 0.508 e. The van der Waals surface area contributed by atoms with Crippen molar-refractivity contribution < 1.29 is 132 Å². The van der Waals surface area contributed by atoms with E-state index in [9.17, 15) is 70.2 Å². The first-order valence-electron chi connectivity index (χ1n) is 35.6. The number of nitrogens with two attached hydrogens (primary N) is 2. The first-order chi connectivity index (χ1) is 51.6. The smallest absolute Gasteiger partial charge is 0.330 e. The van der Waals surface area contributed by atoms with E-state index in [1.165, 1.54) is 13.8 Å². The molecule has 11 bridgehead atoms. The number of primary amides is 1. The second-order valence-corrected chi connectivity index (χ2v) is 25.1. The Bertz CT molecular complexity index is 4520. The molecule has 2 saturated heterocycles. The van der Waals surface area contributed by atoms with Crippen molar-refractivity contribution in [1.29, 1.82) is 0 Å². The summed E-state index contributed by atoms with van der Waals surface area (Å²) in [6.45, 7) is -6.52. The van der Waals surface area contributed by atoms with Gasteiger partial charge in [-0.05, 0) is 110 Å².